The van der Waals surface area contributed by atoms with Gasteiger partial charge in [-0.15, -0.1) is 5.10 Å². The summed E-state index contributed by atoms with van der Waals surface area (Å²) in [7, 11) is 1.76. The Morgan fingerprint density at radius 1 is 1.72 bits per heavy atom. The third-order valence-electron chi connectivity index (χ3n) is 2.01. The highest BCUT2D eigenvalue weighted by molar-refractivity contribution is 5.86. The number of aromatic nitrogens is 3. The topological polar surface area (TPSA) is 93.4 Å². The molecule has 0 saturated heterocycles. The SMILES string of the molecule is C=NN/C=C(/Cn1cc(C(=O)OCC)nn1)NC. The van der Waals surface area contributed by atoms with Gasteiger partial charge in [-0.2, -0.15) is 5.10 Å². The fraction of sp³-hybridized carbons (Fsp3) is 0.400. The van der Waals surface area contributed by atoms with Crippen molar-refractivity contribution in [3.63, 3.8) is 0 Å². The van der Waals surface area contributed by atoms with E-state index in [9.17, 15) is 4.79 Å². The Morgan fingerprint density at radius 2 is 2.50 bits per heavy atom. The first-order chi connectivity index (χ1) is 8.71. The molecule has 98 valence electrons. The van der Waals surface area contributed by atoms with Crippen LogP contribution in [0.5, 0.6) is 0 Å². The van der Waals surface area contributed by atoms with Crippen LogP contribution in [-0.2, 0) is 11.3 Å². The van der Waals surface area contributed by atoms with Crippen LogP contribution in [0.4, 0.5) is 0 Å². The zero-order valence-electron chi connectivity index (χ0n) is 10.4. The highest BCUT2D eigenvalue weighted by Gasteiger charge is 2.11. The number of hydrogen-bond donors (Lipinski definition) is 2. The van der Waals surface area contributed by atoms with Gasteiger partial charge in [-0.25, -0.2) is 9.48 Å². The van der Waals surface area contributed by atoms with Crippen LogP contribution in [0.1, 0.15) is 17.4 Å². The molecule has 1 aromatic heterocycles. The van der Waals surface area contributed by atoms with Gasteiger partial charge >= 0.3 is 5.97 Å². The first kappa shape index (κ1) is 13.7. The standard InChI is InChI=1S/C10H16N6O2/c1-4-18-10(17)9-7-16(15-14-9)6-8(11-2)5-13-12-3/h5,7,11,13H,3-4,6H2,1-2H3/b8-5-. The van der Waals surface area contributed by atoms with E-state index in [-0.39, 0.29) is 5.69 Å². The molecule has 1 aromatic rings. The fourth-order valence-corrected chi connectivity index (χ4v) is 1.17. The zero-order chi connectivity index (χ0) is 13.4. The van der Waals surface area contributed by atoms with Crippen molar-refractivity contribution < 1.29 is 9.53 Å². The van der Waals surface area contributed by atoms with Crippen molar-refractivity contribution in [2.24, 2.45) is 5.10 Å². The van der Waals surface area contributed by atoms with Gasteiger partial charge in [0.2, 0.25) is 0 Å². The predicted molar refractivity (Wildman–Crippen MR) is 65.8 cm³/mol. The van der Waals surface area contributed by atoms with Crippen molar-refractivity contribution >= 4 is 12.7 Å². The van der Waals surface area contributed by atoms with Crippen molar-refractivity contribution in [2.45, 2.75) is 13.5 Å². The van der Waals surface area contributed by atoms with Gasteiger partial charge in [-0.3, -0.25) is 5.43 Å². The lowest BCUT2D eigenvalue weighted by atomic mass is 10.4. The van der Waals surface area contributed by atoms with E-state index in [1.165, 1.54) is 10.9 Å². The Kier molecular flexibility index (Phi) is 5.36. The lowest BCUT2D eigenvalue weighted by Crippen LogP contribution is -2.16. The maximum absolute atomic E-state index is 11.4. The van der Waals surface area contributed by atoms with Crippen molar-refractivity contribution in [1.29, 1.82) is 0 Å². The van der Waals surface area contributed by atoms with Crippen LogP contribution in [0.25, 0.3) is 0 Å². The number of nitrogens with one attached hydrogen (secondary N) is 2. The van der Waals surface area contributed by atoms with E-state index in [0.717, 1.165) is 5.70 Å². The van der Waals surface area contributed by atoms with Crippen molar-refractivity contribution in [2.75, 3.05) is 13.7 Å². The summed E-state index contributed by atoms with van der Waals surface area (Å²) in [5.41, 5.74) is 3.60. The average Bonchev–Trinajstić information content (AvgIpc) is 2.83. The van der Waals surface area contributed by atoms with Crippen LogP contribution < -0.4 is 10.7 Å². The third-order valence-corrected chi connectivity index (χ3v) is 2.01. The quantitative estimate of drug-likeness (QED) is 0.394. The summed E-state index contributed by atoms with van der Waals surface area (Å²) in [6.07, 6.45) is 3.16. The number of hydrogen-bond acceptors (Lipinski definition) is 7. The van der Waals surface area contributed by atoms with Crippen LogP contribution >= 0.6 is 0 Å². The third kappa shape index (κ3) is 3.89. The van der Waals surface area contributed by atoms with Crippen LogP contribution in [0.15, 0.2) is 23.2 Å². The molecule has 8 nitrogen and oxygen atoms in total. The van der Waals surface area contributed by atoms with E-state index in [1.54, 1.807) is 20.2 Å². The van der Waals surface area contributed by atoms with Gasteiger partial charge in [-0.1, -0.05) is 5.21 Å². The molecule has 0 saturated carbocycles. The summed E-state index contributed by atoms with van der Waals surface area (Å²) in [5.74, 6) is -0.482. The summed E-state index contributed by atoms with van der Waals surface area (Å²) in [6, 6.07) is 0. The minimum atomic E-state index is -0.482. The highest BCUT2D eigenvalue weighted by Crippen LogP contribution is 1.99. The van der Waals surface area contributed by atoms with Crippen LogP contribution in [0.3, 0.4) is 0 Å². The molecule has 0 fully saturated rings. The summed E-state index contributed by atoms with van der Waals surface area (Å²) < 4.78 is 6.33. The molecule has 0 atom stereocenters. The second-order valence-corrected chi connectivity index (χ2v) is 3.23. The monoisotopic (exact) mass is 252 g/mol. The minimum Gasteiger partial charge on any atom is -0.461 e. The molecule has 18 heavy (non-hydrogen) atoms. The molecule has 0 amide bonds. The van der Waals surface area contributed by atoms with Gasteiger partial charge in [0.25, 0.3) is 0 Å². The van der Waals surface area contributed by atoms with Gasteiger partial charge < -0.3 is 10.1 Å². The molecule has 0 aromatic carbocycles. The van der Waals surface area contributed by atoms with Gasteiger partial charge in [0.05, 0.1) is 25.0 Å². The molecule has 0 aliphatic rings. The number of hydrazone groups is 1. The first-order valence-corrected chi connectivity index (χ1v) is 5.36. The molecule has 0 spiro atoms. The van der Waals surface area contributed by atoms with E-state index in [0.29, 0.717) is 13.2 Å². The Morgan fingerprint density at radius 3 is 3.11 bits per heavy atom. The predicted octanol–water partition coefficient (Wildman–Crippen LogP) is -0.279. The maximum Gasteiger partial charge on any atom is 0.360 e. The largest absolute Gasteiger partial charge is 0.461 e. The number of carbonyl (C=O) groups excluding carboxylic acids is 1. The van der Waals surface area contributed by atoms with Crippen LogP contribution in [0.2, 0.25) is 0 Å². The number of esters is 1. The average molecular weight is 252 g/mol. The number of carbonyl (C=O) groups is 1. The lowest BCUT2D eigenvalue weighted by molar-refractivity contribution is 0.0519. The van der Waals surface area contributed by atoms with E-state index in [4.69, 9.17) is 4.74 Å². The second-order valence-electron chi connectivity index (χ2n) is 3.23. The number of ether oxygens (including phenoxy) is 1. The number of rotatable bonds is 7. The van der Waals surface area contributed by atoms with E-state index in [2.05, 4.69) is 32.9 Å². The summed E-state index contributed by atoms with van der Waals surface area (Å²) in [6.45, 7) is 5.76. The van der Waals surface area contributed by atoms with E-state index < -0.39 is 5.97 Å². The summed E-state index contributed by atoms with van der Waals surface area (Å²) in [4.78, 5) is 11.4. The number of likely N-dealkylation sites (N-methyl/N-ethyl adjacent to an activating group) is 1. The van der Waals surface area contributed by atoms with Gasteiger partial charge in [-0.05, 0) is 6.92 Å². The van der Waals surface area contributed by atoms with E-state index in [1.807, 2.05) is 0 Å². The summed E-state index contributed by atoms with van der Waals surface area (Å²) >= 11 is 0. The Balaban J connectivity index is 2.68. The molecule has 1 heterocycles. The van der Waals surface area contributed by atoms with Crippen molar-refractivity contribution in [1.82, 2.24) is 25.7 Å². The molecule has 0 aliphatic heterocycles. The molecule has 0 aliphatic carbocycles. The fourth-order valence-electron chi connectivity index (χ4n) is 1.17. The number of allylic oxidation sites excluding steroid dienone is 1. The van der Waals surface area contributed by atoms with Crippen LogP contribution in [0, 0.1) is 0 Å². The van der Waals surface area contributed by atoms with Gasteiger partial charge in [0, 0.05) is 20.0 Å². The van der Waals surface area contributed by atoms with Crippen molar-refractivity contribution in [3.05, 3.63) is 23.8 Å². The summed E-state index contributed by atoms with van der Waals surface area (Å²) in [5, 5.41) is 14.0. The Bertz CT molecular complexity index is 439. The number of nitrogens with zero attached hydrogens (tertiary/aromatic N) is 4. The smallest absolute Gasteiger partial charge is 0.360 e. The molecule has 0 bridgehead atoms. The maximum atomic E-state index is 11.4. The highest BCUT2D eigenvalue weighted by atomic mass is 16.5. The van der Waals surface area contributed by atoms with Crippen molar-refractivity contribution in [3.8, 4) is 0 Å². The zero-order valence-corrected chi connectivity index (χ0v) is 10.4. The normalized spacial score (nSPS) is 10.9. The molecule has 0 unspecified atom stereocenters. The van der Waals surface area contributed by atoms with Crippen LogP contribution in [-0.4, -0.2) is 41.3 Å². The molecule has 0 radical (unpaired) electrons. The Hall–Kier alpha value is -2.38. The molecule has 2 N–H and O–H groups in total. The molecule has 1 rings (SSSR count). The lowest BCUT2D eigenvalue weighted by Gasteiger charge is -2.05. The molecular weight excluding hydrogens is 236 g/mol. The molecule has 8 heteroatoms. The van der Waals surface area contributed by atoms with Gasteiger partial charge in [0.15, 0.2) is 5.69 Å². The van der Waals surface area contributed by atoms with Gasteiger partial charge in [0.1, 0.15) is 0 Å². The van der Waals surface area contributed by atoms with E-state index >= 15 is 0 Å². The minimum absolute atomic E-state index is 0.183. The first-order valence-electron chi connectivity index (χ1n) is 5.36. The Labute approximate surface area is 105 Å². The molecular formula is C10H16N6O2. The second kappa shape index (κ2) is 7.05.